The molecular formula is C22H24N6OS. The van der Waals surface area contributed by atoms with Crippen molar-refractivity contribution in [2.75, 3.05) is 36.8 Å². The number of nitrogens with one attached hydrogen (secondary N) is 1. The fourth-order valence-corrected chi connectivity index (χ4v) is 5.83. The molecule has 0 radical (unpaired) electrons. The van der Waals surface area contributed by atoms with Crippen molar-refractivity contribution in [3.63, 3.8) is 0 Å². The summed E-state index contributed by atoms with van der Waals surface area (Å²) in [6.45, 7) is 6.04. The largest absolute Gasteiger partial charge is 0.389 e. The number of anilines is 2. The van der Waals surface area contributed by atoms with Crippen molar-refractivity contribution in [2.24, 2.45) is 0 Å². The Balaban J connectivity index is 1.51. The molecule has 0 spiro atoms. The second-order valence-corrected chi connectivity index (χ2v) is 9.28. The van der Waals surface area contributed by atoms with Gasteiger partial charge in [-0.05, 0) is 38.3 Å². The Bertz CT molecular complexity index is 1120. The summed E-state index contributed by atoms with van der Waals surface area (Å²) < 4.78 is 5.78. The molecule has 0 saturated carbocycles. The highest BCUT2D eigenvalue weighted by molar-refractivity contribution is 7.16. The van der Waals surface area contributed by atoms with Crippen LogP contribution >= 0.6 is 11.3 Å². The van der Waals surface area contributed by atoms with Crippen LogP contribution in [0.15, 0.2) is 28.8 Å². The number of nitriles is 1. The zero-order chi connectivity index (χ0) is 20.7. The summed E-state index contributed by atoms with van der Waals surface area (Å²) in [6, 6.07) is 10.6. The lowest BCUT2D eigenvalue weighted by molar-refractivity contribution is 0.300. The first-order chi connectivity index (χ1) is 14.6. The average Bonchev–Trinajstić information content (AvgIpc) is 3.40. The normalized spacial score (nSPS) is 21.3. The molecule has 1 saturated heterocycles. The van der Waals surface area contributed by atoms with Crippen LogP contribution < -0.4 is 16.0 Å². The number of benzene rings is 1. The lowest BCUT2D eigenvalue weighted by Crippen LogP contribution is -2.43. The van der Waals surface area contributed by atoms with Crippen LogP contribution in [0.5, 0.6) is 0 Å². The summed E-state index contributed by atoms with van der Waals surface area (Å²) in [5.74, 6) is 1.14. The minimum absolute atomic E-state index is 0.492. The zero-order valence-corrected chi connectivity index (χ0v) is 17.8. The molecule has 2 aliphatic rings. The van der Waals surface area contributed by atoms with E-state index >= 15 is 0 Å². The Morgan fingerprint density at radius 3 is 2.97 bits per heavy atom. The molecule has 5 rings (SSSR count). The van der Waals surface area contributed by atoms with Crippen molar-refractivity contribution < 1.29 is 4.52 Å². The van der Waals surface area contributed by atoms with Gasteiger partial charge in [-0.2, -0.15) is 10.2 Å². The number of hydrogen-bond acceptors (Lipinski definition) is 8. The van der Waals surface area contributed by atoms with E-state index in [2.05, 4.69) is 40.5 Å². The third kappa shape index (κ3) is 3.06. The summed E-state index contributed by atoms with van der Waals surface area (Å²) in [7, 11) is 0. The first kappa shape index (κ1) is 19.1. The molecule has 154 valence electrons. The van der Waals surface area contributed by atoms with E-state index in [1.165, 1.54) is 21.9 Å². The van der Waals surface area contributed by atoms with Gasteiger partial charge in [-0.1, -0.05) is 17.3 Å². The highest BCUT2D eigenvalue weighted by Gasteiger charge is 2.42. The number of nitrogens with two attached hydrogens (primary N) is 1. The van der Waals surface area contributed by atoms with Gasteiger partial charge in [0.1, 0.15) is 11.1 Å². The average molecular weight is 421 g/mol. The standard InChI is InChI=1S/C22H24N6OS/c1-22(7-3-6-17-18(22)16(13-23)19(24)30-17)21-26-20(27-29-21)14-4-2-5-15(12-14)28-10-8-25-9-11-28/h2,4-5,12,25H,3,6-11,24H2,1H3/t22-/m0/s1. The van der Waals surface area contributed by atoms with Crippen LogP contribution in [0.4, 0.5) is 10.7 Å². The van der Waals surface area contributed by atoms with Crippen molar-refractivity contribution in [3.8, 4) is 17.5 Å². The number of fused-ring (bicyclic) bond motifs is 1. The van der Waals surface area contributed by atoms with Crippen LogP contribution in [0.1, 0.15) is 41.7 Å². The maximum Gasteiger partial charge on any atom is 0.237 e. The van der Waals surface area contributed by atoms with Gasteiger partial charge in [0.25, 0.3) is 0 Å². The van der Waals surface area contributed by atoms with E-state index in [4.69, 9.17) is 15.2 Å². The lowest BCUT2D eigenvalue weighted by Gasteiger charge is -2.30. The molecule has 3 aromatic rings. The maximum atomic E-state index is 9.68. The first-order valence-corrected chi connectivity index (χ1v) is 11.1. The maximum absolute atomic E-state index is 9.68. The second-order valence-electron chi connectivity index (χ2n) is 8.15. The van der Waals surface area contributed by atoms with Gasteiger partial charge in [-0.15, -0.1) is 11.3 Å². The number of hydrogen-bond donors (Lipinski definition) is 2. The molecule has 8 heteroatoms. The molecule has 1 aromatic carbocycles. The van der Waals surface area contributed by atoms with E-state index < -0.39 is 5.41 Å². The van der Waals surface area contributed by atoms with Crippen LogP contribution in [0.2, 0.25) is 0 Å². The quantitative estimate of drug-likeness (QED) is 0.670. The molecule has 2 aromatic heterocycles. The number of rotatable bonds is 3. The van der Waals surface area contributed by atoms with Crippen molar-refractivity contribution in [1.29, 1.82) is 5.26 Å². The summed E-state index contributed by atoms with van der Waals surface area (Å²) in [5, 5.41) is 17.9. The number of piperazine rings is 1. The number of aromatic nitrogens is 2. The molecule has 0 amide bonds. The lowest BCUT2D eigenvalue weighted by atomic mass is 9.72. The topological polar surface area (TPSA) is 104 Å². The van der Waals surface area contributed by atoms with Crippen LogP contribution in [-0.4, -0.2) is 36.3 Å². The van der Waals surface area contributed by atoms with Crippen LogP contribution in [0.3, 0.4) is 0 Å². The predicted octanol–water partition coefficient (Wildman–Crippen LogP) is 3.30. The molecule has 3 N–H and O–H groups in total. The van der Waals surface area contributed by atoms with Crippen molar-refractivity contribution >= 4 is 22.0 Å². The predicted molar refractivity (Wildman–Crippen MR) is 118 cm³/mol. The monoisotopic (exact) mass is 420 g/mol. The summed E-state index contributed by atoms with van der Waals surface area (Å²) in [4.78, 5) is 8.32. The van der Waals surface area contributed by atoms with E-state index in [0.29, 0.717) is 22.3 Å². The van der Waals surface area contributed by atoms with Crippen LogP contribution in [0, 0.1) is 11.3 Å². The molecule has 1 aliphatic carbocycles. The molecule has 7 nitrogen and oxygen atoms in total. The molecule has 0 unspecified atom stereocenters. The van der Waals surface area contributed by atoms with Gasteiger partial charge in [0.15, 0.2) is 0 Å². The summed E-state index contributed by atoms with van der Waals surface area (Å²) in [6.07, 6.45) is 2.80. The number of aryl methyl sites for hydroxylation is 1. The van der Waals surface area contributed by atoms with Crippen molar-refractivity contribution in [2.45, 2.75) is 31.6 Å². The van der Waals surface area contributed by atoms with Gasteiger partial charge in [0, 0.05) is 47.9 Å². The van der Waals surface area contributed by atoms with E-state index in [-0.39, 0.29) is 0 Å². The molecular weight excluding hydrogens is 396 g/mol. The Kier molecular flexibility index (Phi) is 4.72. The third-order valence-corrected chi connectivity index (χ3v) is 7.32. The van der Waals surface area contributed by atoms with Gasteiger partial charge in [-0.25, -0.2) is 0 Å². The molecule has 3 heterocycles. The van der Waals surface area contributed by atoms with Crippen molar-refractivity contribution in [1.82, 2.24) is 15.5 Å². The number of thiophene rings is 1. The van der Waals surface area contributed by atoms with Gasteiger partial charge in [-0.3, -0.25) is 0 Å². The smallest absolute Gasteiger partial charge is 0.237 e. The fraction of sp³-hybridized carbons (Fsp3) is 0.409. The molecule has 30 heavy (non-hydrogen) atoms. The fourth-order valence-electron chi connectivity index (χ4n) is 4.64. The van der Waals surface area contributed by atoms with Gasteiger partial charge in [0.05, 0.1) is 11.0 Å². The first-order valence-electron chi connectivity index (χ1n) is 10.3. The van der Waals surface area contributed by atoms with Crippen LogP contribution in [0.25, 0.3) is 11.4 Å². The van der Waals surface area contributed by atoms with Crippen molar-refractivity contribution in [3.05, 3.63) is 46.2 Å². The van der Waals surface area contributed by atoms with E-state index in [1.807, 2.05) is 12.1 Å². The zero-order valence-electron chi connectivity index (χ0n) is 16.9. The Labute approximate surface area is 179 Å². The van der Waals surface area contributed by atoms with E-state index in [0.717, 1.165) is 56.6 Å². The molecule has 1 aliphatic heterocycles. The summed E-state index contributed by atoms with van der Waals surface area (Å²) >= 11 is 1.51. The number of nitrogens with zero attached hydrogens (tertiary/aromatic N) is 4. The van der Waals surface area contributed by atoms with E-state index in [9.17, 15) is 5.26 Å². The Morgan fingerprint density at radius 2 is 2.17 bits per heavy atom. The third-order valence-electron chi connectivity index (χ3n) is 6.24. The van der Waals surface area contributed by atoms with Gasteiger partial charge >= 0.3 is 0 Å². The highest BCUT2D eigenvalue weighted by Crippen LogP contribution is 2.48. The number of nitrogen functional groups attached to an aromatic ring is 1. The van der Waals surface area contributed by atoms with E-state index in [1.54, 1.807) is 0 Å². The SMILES string of the molecule is C[C@]1(c2nc(-c3cccc(N4CCNCC4)c3)no2)CCCc2sc(N)c(C#N)c21. The second kappa shape index (κ2) is 7.42. The van der Waals surface area contributed by atoms with Crippen LogP contribution in [-0.2, 0) is 11.8 Å². The minimum Gasteiger partial charge on any atom is -0.389 e. The Morgan fingerprint density at radius 1 is 1.33 bits per heavy atom. The molecule has 1 atom stereocenters. The minimum atomic E-state index is -0.492. The van der Waals surface area contributed by atoms with Gasteiger partial charge < -0.3 is 20.5 Å². The Hall–Kier alpha value is -2.89. The highest BCUT2D eigenvalue weighted by atomic mass is 32.1. The summed E-state index contributed by atoms with van der Waals surface area (Å²) in [5.41, 5.74) is 9.29. The van der Waals surface area contributed by atoms with Gasteiger partial charge in [0.2, 0.25) is 11.7 Å². The molecule has 0 bridgehead atoms. The molecule has 1 fully saturated rings.